The Kier molecular flexibility index (Phi) is 3.68. The van der Waals surface area contributed by atoms with Gasteiger partial charge >= 0.3 is 12.1 Å². The molecule has 0 bridgehead atoms. The summed E-state index contributed by atoms with van der Waals surface area (Å²) in [6.45, 7) is 3.65. The van der Waals surface area contributed by atoms with E-state index in [1.165, 1.54) is 18.2 Å². The van der Waals surface area contributed by atoms with Gasteiger partial charge in [-0.3, -0.25) is 5.32 Å². The number of hydrogen-bond acceptors (Lipinski definition) is 2. The molecule has 0 aromatic heterocycles. The van der Waals surface area contributed by atoms with E-state index in [2.05, 4.69) is 5.32 Å². The standard InChI is InChI=1S/C18H16F3NO2/c1-17(2)14-8-11(16(23)24)7-10(14)9-15(22-17)12-5-3-4-6-13(12)18(19,20)21/h3-9,15,22H,1-2H3,(H,23,24). The van der Waals surface area contributed by atoms with Crippen molar-refractivity contribution in [2.24, 2.45) is 0 Å². The lowest BCUT2D eigenvalue weighted by molar-refractivity contribution is -0.138. The molecule has 1 atom stereocenters. The Morgan fingerprint density at radius 1 is 1.21 bits per heavy atom. The topological polar surface area (TPSA) is 49.3 Å². The first kappa shape index (κ1) is 16.5. The second-order valence-corrected chi connectivity index (χ2v) is 6.42. The molecular formula is C18H16F3NO2. The van der Waals surface area contributed by atoms with Crippen LogP contribution in [0.2, 0.25) is 0 Å². The lowest BCUT2D eigenvalue weighted by Crippen LogP contribution is -2.46. The van der Waals surface area contributed by atoms with E-state index in [-0.39, 0.29) is 11.1 Å². The summed E-state index contributed by atoms with van der Waals surface area (Å²) < 4.78 is 39.8. The molecule has 1 unspecified atom stereocenters. The van der Waals surface area contributed by atoms with E-state index in [0.29, 0.717) is 5.57 Å². The molecule has 2 N–H and O–H groups in total. The third-order valence-corrected chi connectivity index (χ3v) is 4.31. The van der Waals surface area contributed by atoms with Gasteiger partial charge in [0.25, 0.3) is 0 Å². The highest BCUT2D eigenvalue weighted by molar-refractivity contribution is 5.93. The first-order valence-corrected chi connectivity index (χ1v) is 7.43. The third-order valence-electron chi connectivity index (χ3n) is 4.31. The quantitative estimate of drug-likeness (QED) is 0.859. The molecule has 1 aromatic carbocycles. The van der Waals surface area contributed by atoms with Crippen LogP contribution in [0.25, 0.3) is 0 Å². The van der Waals surface area contributed by atoms with Gasteiger partial charge in [-0.1, -0.05) is 24.3 Å². The summed E-state index contributed by atoms with van der Waals surface area (Å²) in [4.78, 5) is 11.2. The van der Waals surface area contributed by atoms with Gasteiger partial charge in [0.05, 0.1) is 17.2 Å². The average molecular weight is 335 g/mol. The van der Waals surface area contributed by atoms with E-state index in [4.69, 9.17) is 5.11 Å². The zero-order valence-electron chi connectivity index (χ0n) is 13.1. The molecule has 1 aromatic rings. The van der Waals surface area contributed by atoms with Crippen LogP contribution in [0.15, 0.2) is 59.2 Å². The monoisotopic (exact) mass is 335 g/mol. The number of rotatable bonds is 2. The Morgan fingerprint density at radius 2 is 1.88 bits per heavy atom. The van der Waals surface area contributed by atoms with E-state index in [1.807, 2.05) is 13.8 Å². The maximum atomic E-state index is 13.3. The molecule has 0 amide bonds. The molecule has 0 spiro atoms. The summed E-state index contributed by atoms with van der Waals surface area (Å²) in [5.74, 6) is -1.05. The van der Waals surface area contributed by atoms with Crippen molar-refractivity contribution in [3.63, 3.8) is 0 Å². The van der Waals surface area contributed by atoms with Crippen molar-refractivity contribution in [3.05, 3.63) is 70.3 Å². The van der Waals surface area contributed by atoms with Crippen LogP contribution in [0.5, 0.6) is 0 Å². The van der Waals surface area contributed by atoms with Crippen LogP contribution in [-0.2, 0) is 11.0 Å². The number of carboxylic acid groups (broad SMARTS) is 1. The number of benzene rings is 1. The Bertz CT molecular complexity index is 801. The summed E-state index contributed by atoms with van der Waals surface area (Å²) in [6, 6.07) is 4.77. The molecule has 2 aliphatic rings. The van der Waals surface area contributed by atoms with Crippen molar-refractivity contribution in [3.8, 4) is 0 Å². The molecule has 0 radical (unpaired) electrons. The maximum Gasteiger partial charge on any atom is 0.416 e. The number of fused-ring (bicyclic) bond motifs is 1. The summed E-state index contributed by atoms with van der Waals surface area (Å²) >= 11 is 0. The van der Waals surface area contributed by atoms with Crippen LogP contribution in [0, 0.1) is 0 Å². The number of nitrogens with one attached hydrogen (secondary N) is 1. The van der Waals surface area contributed by atoms with E-state index < -0.39 is 29.3 Å². The minimum atomic E-state index is -4.45. The van der Waals surface area contributed by atoms with Crippen LogP contribution in [0.4, 0.5) is 13.2 Å². The highest BCUT2D eigenvalue weighted by Gasteiger charge is 2.39. The Balaban J connectivity index is 2.10. The van der Waals surface area contributed by atoms with E-state index in [9.17, 15) is 18.0 Å². The fraction of sp³-hybridized carbons (Fsp3) is 0.278. The normalized spacial score (nSPS) is 22.4. The van der Waals surface area contributed by atoms with Crippen LogP contribution in [-0.4, -0.2) is 16.6 Å². The van der Waals surface area contributed by atoms with Gasteiger partial charge in [-0.05, 0) is 48.8 Å². The second kappa shape index (κ2) is 5.34. The SMILES string of the molecule is CC1(C)NC(c2ccccc2C(F)(F)F)C=C2C=C(C(=O)O)C=C21. The van der Waals surface area contributed by atoms with Gasteiger partial charge in [-0.15, -0.1) is 0 Å². The molecule has 0 saturated heterocycles. The van der Waals surface area contributed by atoms with Gasteiger partial charge in [0, 0.05) is 5.54 Å². The number of aliphatic carboxylic acids is 1. The summed E-state index contributed by atoms with van der Waals surface area (Å²) in [5.41, 5.74) is 0.334. The smallest absolute Gasteiger partial charge is 0.416 e. The summed E-state index contributed by atoms with van der Waals surface area (Å²) in [6.07, 6.45) is 0.267. The molecule has 3 nitrogen and oxygen atoms in total. The summed E-state index contributed by atoms with van der Waals surface area (Å²) in [5, 5.41) is 12.3. The number of halogens is 3. The van der Waals surface area contributed by atoms with Gasteiger partial charge in [0.1, 0.15) is 0 Å². The molecule has 24 heavy (non-hydrogen) atoms. The van der Waals surface area contributed by atoms with Gasteiger partial charge in [0.2, 0.25) is 0 Å². The largest absolute Gasteiger partial charge is 0.478 e. The van der Waals surface area contributed by atoms with E-state index in [0.717, 1.165) is 11.6 Å². The summed E-state index contributed by atoms with van der Waals surface area (Å²) in [7, 11) is 0. The van der Waals surface area contributed by atoms with E-state index >= 15 is 0 Å². The van der Waals surface area contributed by atoms with Crippen molar-refractivity contribution < 1.29 is 23.1 Å². The minimum absolute atomic E-state index is 0.127. The molecular weight excluding hydrogens is 319 g/mol. The van der Waals surface area contributed by atoms with Crippen LogP contribution < -0.4 is 5.32 Å². The lowest BCUT2D eigenvalue weighted by Gasteiger charge is -2.38. The molecule has 6 heteroatoms. The zero-order valence-corrected chi connectivity index (χ0v) is 13.1. The minimum Gasteiger partial charge on any atom is -0.478 e. The van der Waals surface area contributed by atoms with Gasteiger partial charge in [0.15, 0.2) is 0 Å². The number of carboxylic acids is 1. The Morgan fingerprint density at radius 3 is 2.50 bits per heavy atom. The molecule has 0 saturated carbocycles. The van der Waals surface area contributed by atoms with Crippen LogP contribution in [0.3, 0.4) is 0 Å². The molecule has 1 aliphatic heterocycles. The molecule has 126 valence electrons. The highest BCUT2D eigenvalue weighted by Crippen LogP contribution is 2.42. The van der Waals surface area contributed by atoms with Gasteiger partial charge < -0.3 is 5.11 Å². The van der Waals surface area contributed by atoms with Crippen LogP contribution in [0.1, 0.15) is 31.0 Å². The van der Waals surface area contributed by atoms with Crippen molar-refractivity contribution in [1.82, 2.24) is 5.32 Å². The predicted octanol–water partition coefficient (Wildman–Crippen LogP) is 4.01. The van der Waals surface area contributed by atoms with Gasteiger partial charge in [-0.25, -0.2) is 4.79 Å². The zero-order chi connectivity index (χ0) is 17.7. The number of hydrogen-bond donors (Lipinski definition) is 2. The predicted molar refractivity (Wildman–Crippen MR) is 83.3 cm³/mol. The molecule has 0 fully saturated rings. The fourth-order valence-corrected chi connectivity index (χ4v) is 3.21. The van der Waals surface area contributed by atoms with Crippen molar-refractivity contribution in [2.75, 3.05) is 0 Å². The van der Waals surface area contributed by atoms with Crippen LogP contribution >= 0.6 is 0 Å². The lowest BCUT2D eigenvalue weighted by atomic mass is 9.82. The Hall–Kier alpha value is -2.34. The maximum absolute atomic E-state index is 13.3. The first-order valence-electron chi connectivity index (χ1n) is 7.43. The number of alkyl halides is 3. The Labute approximate surface area is 137 Å². The molecule has 1 heterocycles. The first-order chi connectivity index (χ1) is 11.1. The second-order valence-electron chi connectivity index (χ2n) is 6.42. The average Bonchev–Trinajstić information content (AvgIpc) is 2.91. The molecule has 3 rings (SSSR count). The van der Waals surface area contributed by atoms with Crippen molar-refractivity contribution in [2.45, 2.75) is 31.6 Å². The number of allylic oxidation sites excluding steroid dienone is 1. The van der Waals surface area contributed by atoms with Crippen molar-refractivity contribution >= 4 is 5.97 Å². The number of carbonyl (C=O) groups is 1. The third kappa shape index (κ3) is 2.78. The fourth-order valence-electron chi connectivity index (χ4n) is 3.21. The highest BCUT2D eigenvalue weighted by atomic mass is 19.4. The van der Waals surface area contributed by atoms with Crippen molar-refractivity contribution in [1.29, 1.82) is 0 Å². The van der Waals surface area contributed by atoms with E-state index in [1.54, 1.807) is 18.2 Å². The molecule has 1 aliphatic carbocycles. The van der Waals surface area contributed by atoms with Gasteiger partial charge in [-0.2, -0.15) is 13.2 Å².